The van der Waals surface area contributed by atoms with Crippen molar-refractivity contribution in [2.45, 2.75) is 44.8 Å². The highest BCUT2D eigenvalue weighted by atomic mass is 16.5. The van der Waals surface area contributed by atoms with Crippen LogP contribution < -0.4 is 10.1 Å². The Labute approximate surface area is 184 Å². The predicted molar refractivity (Wildman–Crippen MR) is 126 cm³/mol. The van der Waals surface area contributed by atoms with Crippen molar-refractivity contribution in [3.8, 4) is 16.9 Å². The standard InChI is InChI=1S/C25H32N4O2/c1-17-15-21(31-14-13-29(2)3)11-12-22(17)23-6-4-5-18-16-26-25(28-24(18)23)27-19-7-9-20(30)10-8-19/h4-6,11-12,15-16,19-20,30H,7-10,13-14H2,1-3H3,(H,26,27,28). The summed E-state index contributed by atoms with van der Waals surface area (Å²) in [5.41, 5.74) is 4.35. The Bertz CT molecular complexity index is 1030. The quantitative estimate of drug-likeness (QED) is 0.595. The van der Waals surface area contributed by atoms with Crippen molar-refractivity contribution in [1.82, 2.24) is 14.9 Å². The number of aromatic nitrogens is 2. The molecule has 0 atom stereocenters. The lowest BCUT2D eigenvalue weighted by atomic mass is 9.93. The first-order valence-electron chi connectivity index (χ1n) is 11.1. The maximum Gasteiger partial charge on any atom is 0.223 e. The topological polar surface area (TPSA) is 70.5 Å². The van der Waals surface area contributed by atoms with E-state index in [0.29, 0.717) is 18.6 Å². The average molecular weight is 421 g/mol. The molecule has 0 spiro atoms. The lowest BCUT2D eigenvalue weighted by Gasteiger charge is -2.26. The van der Waals surface area contributed by atoms with Gasteiger partial charge in [0.2, 0.25) is 5.95 Å². The highest BCUT2D eigenvalue weighted by Gasteiger charge is 2.20. The smallest absolute Gasteiger partial charge is 0.223 e. The fraction of sp³-hybridized carbons (Fsp3) is 0.440. The van der Waals surface area contributed by atoms with Crippen LogP contribution in [0, 0.1) is 6.92 Å². The number of hydrogen-bond acceptors (Lipinski definition) is 6. The Kier molecular flexibility index (Phi) is 6.68. The number of nitrogens with one attached hydrogen (secondary N) is 1. The molecule has 0 aliphatic heterocycles. The van der Waals surface area contributed by atoms with E-state index < -0.39 is 0 Å². The van der Waals surface area contributed by atoms with Gasteiger partial charge in [0, 0.05) is 29.7 Å². The van der Waals surface area contributed by atoms with Crippen LogP contribution in [0.15, 0.2) is 42.6 Å². The summed E-state index contributed by atoms with van der Waals surface area (Å²) in [6.45, 7) is 3.66. The summed E-state index contributed by atoms with van der Waals surface area (Å²) in [6, 6.07) is 12.8. The molecule has 1 aromatic heterocycles. The van der Waals surface area contributed by atoms with E-state index in [2.05, 4.69) is 46.4 Å². The lowest BCUT2D eigenvalue weighted by Crippen LogP contribution is -2.28. The highest BCUT2D eigenvalue weighted by molar-refractivity contribution is 5.94. The zero-order valence-electron chi connectivity index (χ0n) is 18.6. The molecule has 0 radical (unpaired) electrons. The number of ether oxygens (including phenoxy) is 1. The first-order chi connectivity index (χ1) is 15.0. The molecule has 1 saturated carbocycles. The monoisotopic (exact) mass is 420 g/mol. The van der Waals surface area contributed by atoms with Crippen molar-refractivity contribution in [3.63, 3.8) is 0 Å². The molecule has 2 aromatic carbocycles. The minimum absolute atomic E-state index is 0.167. The van der Waals surface area contributed by atoms with Crippen LogP contribution in [0.1, 0.15) is 31.2 Å². The molecule has 1 aliphatic carbocycles. The van der Waals surface area contributed by atoms with Gasteiger partial charge in [0.1, 0.15) is 12.4 Å². The summed E-state index contributed by atoms with van der Waals surface area (Å²) in [4.78, 5) is 11.5. The molecule has 6 heteroatoms. The van der Waals surface area contributed by atoms with Crippen LogP contribution in [0.4, 0.5) is 5.95 Å². The van der Waals surface area contributed by atoms with Crippen LogP contribution >= 0.6 is 0 Å². The van der Waals surface area contributed by atoms with Gasteiger partial charge in [0.05, 0.1) is 11.6 Å². The van der Waals surface area contributed by atoms with Crippen molar-refractivity contribution >= 4 is 16.9 Å². The van der Waals surface area contributed by atoms with E-state index in [0.717, 1.165) is 65.6 Å². The second-order valence-electron chi connectivity index (χ2n) is 8.72. The molecule has 31 heavy (non-hydrogen) atoms. The van der Waals surface area contributed by atoms with Gasteiger partial charge in [-0.05, 0) is 70.0 Å². The molecule has 164 valence electrons. The second kappa shape index (κ2) is 9.62. The third-order valence-electron chi connectivity index (χ3n) is 5.94. The number of aliphatic hydroxyl groups excluding tert-OH is 1. The van der Waals surface area contributed by atoms with Crippen molar-refractivity contribution in [1.29, 1.82) is 0 Å². The Hall–Kier alpha value is -2.70. The summed E-state index contributed by atoms with van der Waals surface area (Å²) < 4.78 is 5.89. The van der Waals surface area contributed by atoms with E-state index in [1.54, 1.807) is 0 Å². The van der Waals surface area contributed by atoms with Crippen LogP contribution in [0.25, 0.3) is 22.0 Å². The van der Waals surface area contributed by atoms with Gasteiger partial charge in [0.15, 0.2) is 0 Å². The Morgan fingerprint density at radius 2 is 1.90 bits per heavy atom. The van der Waals surface area contributed by atoms with Crippen LogP contribution in [0.3, 0.4) is 0 Å². The van der Waals surface area contributed by atoms with Gasteiger partial charge in [-0.1, -0.05) is 24.3 Å². The molecule has 0 amide bonds. The van der Waals surface area contributed by atoms with Crippen LogP contribution in [0.2, 0.25) is 0 Å². The summed E-state index contributed by atoms with van der Waals surface area (Å²) >= 11 is 0. The molecular formula is C25H32N4O2. The zero-order chi connectivity index (χ0) is 21.8. The predicted octanol–water partition coefficient (Wildman–Crippen LogP) is 4.26. The minimum atomic E-state index is -0.167. The number of aryl methyl sites for hydroxylation is 1. The molecule has 1 fully saturated rings. The first-order valence-corrected chi connectivity index (χ1v) is 11.1. The fourth-order valence-electron chi connectivity index (χ4n) is 4.12. The van der Waals surface area contributed by atoms with Gasteiger partial charge in [-0.2, -0.15) is 0 Å². The zero-order valence-corrected chi connectivity index (χ0v) is 18.6. The van der Waals surface area contributed by atoms with Gasteiger partial charge < -0.3 is 20.1 Å². The number of rotatable bonds is 7. The molecule has 2 N–H and O–H groups in total. The Morgan fingerprint density at radius 1 is 1.10 bits per heavy atom. The van der Waals surface area contributed by atoms with Crippen molar-refractivity contribution in [3.05, 3.63) is 48.2 Å². The summed E-state index contributed by atoms with van der Waals surface area (Å²) in [5, 5.41) is 14.2. The van der Waals surface area contributed by atoms with E-state index in [1.165, 1.54) is 0 Å². The van der Waals surface area contributed by atoms with E-state index in [-0.39, 0.29) is 6.10 Å². The van der Waals surface area contributed by atoms with Gasteiger partial charge in [-0.3, -0.25) is 0 Å². The molecule has 1 heterocycles. The van der Waals surface area contributed by atoms with Crippen molar-refractivity contribution in [2.24, 2.45) is 0 Å². The number of nitrogens with zero attached hydrogens (tertiary/aromatic N) is 3. The maximum absolute atomic E-state index is 9.74. The molecule has 3 aromatic rings. The maximum atomic E-state index is 9.74. The highest BCUT2D eigenvalue weighted by Crippen LogP contribution is 2.32. The third-order valence-corrected chi connectivity index (χ3v) is 5.94. The largest absolute Gasteiger partial charge is 0.492 e. The Morgan fingerprint density at radius 3 is 2.65 bits per heavy atom. The fourth-order valence-corrected chi connectivity index (χ4v) is 4.12. The molecule has 4 rings (SSSR count). The average Bonchev–Trinajstić information content (AvgIpc) is 2.75. The van der Waals surface area contributed by atoms with Crippen molar-refractivity contribution in [2.75, 3.05) is 32.6 Å². The minimum Gasteiger partial charge on any atom is -0.492 e. The summed E-state index contributed by atoms with van der Waals surface area (Å²) in [5.74, 6) is 1.54. The summed E-state index contributed by atoms with van der Waals surface area (Å²) in [6.07, 6.45) is 5.27. The van der Waals surface area contributed by atoms with E-state index in [9.17, 15) is 5.11 Å². The number of fused-ring (bicyclic) bond motifs is 1. The molecular weight excluding hydrogens is 388 g/mol. The van der Waals surface area contributed by atoms with Gasteiger partial charge in [-0.25, -0.2) is 9.97 Å². The SMILES string of the molecule is Cc1cc(OCCN(C)C)ccc1-c1cccc2cnc(NC3CCC(O)CC3)nc12. The molecule has 0 saturated heterocycles. The van der Waals surface area contributed by atoms with Crippen LogP contribution in [0.5, 0.6) is 5.75 Å². The van der Waals surface area contributed by atoms with Crippen LogP contribution in [-0.4, -0.2) is 59.4 Å². The third kappa shape index (κ3) is 5.32. The van der Waals surface area contributed by atoms with Gasteiger partial charge in [0.25, 0.3) is 0 Å². The number of anilines is 1. The van der Waals surface area contributed by atoms with E-state index >= 15 is 0 Å². The lowest BCUT2D eigenvalue weighted by molar-refractivity contribution is 0.126. The number of likely N-dealkylation sites (N-methyl/N-ethyl adjacent to an activating group) is 1. The Balaban J connectivity index is 1.58. The number of para-hydroxylation sites is 1. The van der Waals surface area contributed by atoms with Crippen molar-refractivity contribution < 1.29 is 9.84 Å². The molecule has 1 aliphatic rings. The van der Waals surface area contributed by atoms with E-state index in [1.807, 2.05) is 32.4 Å². The number of hydrogen-bond donors (Lipinski definition) is 2. The number of benzene rings is 2. The van der Waals surface area contributed by atoms with E-state index in [4.69, 9.17) is 9.72 Å². The van der Waals surface area contributed by atoms with Gasteiger partial charge >= 0.3 is 0 Å². The molecule has 0 bridgehead atoms. The summed E-state index contributed by atoms with van der Waals surface area (Å²) in [7, 11) is 4.08. The molecule has 0 unspecified atom stereocenters. The van der Waals surface area contributed by atoms with Crippen LogP contribution in [-0.2, 0) is 0 Å². The molecule has 6 nitrogen and oxygen atoms in total. The van der Waals surface area contributed by atoms with Gasteiger partial charge in [-0.15, -0.1) is 0 Å². The first kappa shape index (κ1) is 21.5. The number of aliphatic hydroxyl groups is 1. The normalized spacial score (nSPS) is 19.0. The second-order valence-corrected chi connectivity index (χ2v) is 8.72.